The first-order chi connectivity index (χ1) is 14.0. The lowest BCUT2D eigenvalue weighted by Crippen LogP contribution is -2.50. The van der Waals surface area contributed by atoms with Crippen molar-refractivity contribution in [1.29, 1.82) is 0 Å². The third-order valence-corrected chi connectivity index (χ3v) is 5.50. The normalized spacial score (nSPS) is 13.2. The van der Waals surface area contributed by atoms with Gasteiger partial charge in [-0.05, 0) is 61.7 Å². The van der Waals surface area contributed by atoms with Crippen LogP contribution in [0.25, 0.3) is 0 Å². The van der Waals surface area contributed by atoms with Crippen LogP contribution in [0.3, 0.4) is 0 Å². The highest BCUT2D eigenvalue weighted by atomic mass is 32.2. The zero-order valence-electron chi connectivity index (χ0n) is 17.2. The van der Waals surface area contributed by atoms with E-state index in [0.717, 1.165) is 29.1 Å². The average molecular weight is 417 g/mol. The minimum atomic E-state index is -0.705. The summed E-state index contributed by atoms with van der Waals surface area (Å²) in [6.45, 7) is 3.60. The molecule has 0 bridgehead atoms. The number of nitrogens with one attached hydrogen (secondary N) is 2. The summed E-state index contributed by atoms with van der Waals surface area (Å²) in [4.78, 5) is 13.2. The summed E-state index contributed by atoms with van der Waals surface area (Å²) in [5.74, 6) is -0.124. The number of aliphatic hydroxyl groups excluding tert-OH is 1. The van der Waals surface area contributed by atoms with Crippen molar-refractivity contribution < 1.29 is 9.90 Å². The summed E-state index contributed by atoms with van der Waals surface area (Å²) >= 11 is 1.60. The van der Waals surface area contributed by atoms with Crippen LogP contribution in [0.5, 0.6) is 0 Å². The van der Waals surface area contributed by atoms with E-state index in [1.165, 1.54) is 0 Å². The van der Waals surface area contributed by atoms with E-state index in [9.17, 15) is 9.90 Å². The van der Waals surface area contributed by atoms with Gasteiger partial charge in [0.2, 0.25) is 5.91 Å². The van der Waals surface area contributed by atoms with Crippen LogP contribution >= 0.6 is 11.9 Å². The van der Waals surface area contributed by atoms with Crippen molar-refractivity contribution in [3.05, 3.63) is 60.2 Å². The van der Waals surface area contributed by atoms with Crippen molar-refractivity contribution in [3.63, 3.8) is 0 Å². The highest BCUT2D eigenvalue weighted by molar-refractivity contribution is 7.97. The molecule has 0 aliphatic carbocycles. The van der Waals surface area contributed by atoms with Gasteiger partial charge in [-0.2, -0.15) is 0 Å². The number of amides is 1. The number of carbonyl (C=O) groups is 1. The highest BCUT2D eigenvalue weighted by Crippen LogP contribution is 2.24. The summed E-state index contributed by atoms with van der Waals surface area (Å²) in [5.41, 5.74) is 7.58. The lowest BCUT2D eigenvalue weighted by molar-refractivity contribution is -0.121. The van der Waals surface area contributed by atoms with Crippen molar-refractivity contribution in [2.75, 3.05) is 32.4 Å². The molecule has 0 aliphatic heterocycles. The van der Waals surface area contributed by atoms with E-state index in [-0.39, 0.29) is 18.5 Å². The van der Waals surface area contributed by atoms with Gasteiger partial charge in [0.15, 0.2) is 0 Å². The maximum absolute atomic E-state index is 12.2. The molecule has 0 radical (unpaired) electrons. The molecule has 0 spiro atoms. The third-order valence-electron chi connectivity index (χ3n) is 4.42. The second kappa shape index (κ2) is 12.5. The van der Waals surface area contributed by atoms with E-state index in [0.29, 0.717) is 13.0 Å². The number of anilines is 1. The van der Waals surface area contributed by atoms with Crippen LogP contribution in [0, 0.1) is 0 Å². The summed E-state index contributed by atoms with van der Waals surface area (Å²) < 4.78 is 2.14. The number of carbonyl (C=O) groups excluding carboxylic acids is 1. The van der Waals surface area contributed by atoms with Gasteiger partial charge in [0.25, 0.3) is 0 Å². The minimum Gasteiger partial charge on any atom is -0.399 e. The fourth-order valence-corrected chi connectivity index (χ4v) is 4.06. The first-order valence-electron chi connectivity index (χ1n) is 9.96. The molecule has 0 aliphatic rings. The Hall–Kier alpha value is -2.06. The molecule has 1 amide bonds. The number of aliphatic hydroxyl groups is 1. The quantitative estimate of drug-likeness (QED) is 0.314. The zero-order chi connectivity index (χ0) is 21.1. The smallest absolute Gasteiger partial charge is 0.234 e. The largest absolute Gasteiger partial charge is 0.399 e. The summed E-state index contributed by atoms with van der Waals surface area (Å²) in [7, 11) is 1.73. The first-order valence-corrected chi connectivity index (χ1v) is 10.7. The van der Waals surface area contributed by atoms with Gasteiger partial charge in [0.1, 0.15) is 0 Å². The van der Waals surface area contributed by atoms with Crippen LogP contribution in [-0.2, 0) is 11.2 Å². The van der Waals surface area contributed by atoms with Gasteiger partial charge in [-0.3, -0.25) is 4.79 Å². The van der Waals surface area contributed by atoms with Gasteiger partial charge in [0, 0.05) is 23.7 Å². The van der Waals surface area contributed by atoms with Crippen LogP contribution < -0.4 is 16.4 Å². The van der Waals surface area contributed by atoms with Crippen LogP contribution in [0.2, 0.25) is 0 Å². The van der Waals surface area contributed by atoms with E-state index in [1.54, 1.807) is 19.0 Å². The molecular formula is C22H32N4O2S. The molecule has 5 N–H and O–H groups in total. The Labute approximate surface area is 178 Å². The Morgan fingerprint density at radius 3 is 2.48 bits per heavy atom. The molecule has 0 fully saturated rings. The van der Waals surface area contributed by atoms with Crippen LogP contribution in [0.4, 0.5) is 5.69 Å². The number of nitrogen functional groups attached to an aromatic ring is 1. The molecule has 0 aromatic heterocycles. The number of likely N-dealkylation sites (N-methyl/N-ethyl adjacent to an activating group) is 1. The monoisotopic (exact) mass is 416 g/mol. The van der Waals surface area contributed by atoms with E-state index >= 15 is 0 Å². The Morgan fingerprint density at radius 2 is 1.86 bits per heavy atom. The van der Waals surface area contributed by atoms with Gasteiger partial charge < -0.3 is 21.5 Å². The van der Waals surface area contributed by atoms with Crippen molar-refractivity contribution in [3.8, 4) is 0 Å². The van der Waals surface area contributed by atoms with Crippen LogP contribution in [0.1, 0.15) is 18.9 Å². The molecule has 2 aromatic rings. The molecule has 0 unspecified atom stereocenters. The standard InChI is InChI=1S/C22H32N4O2S/c1-3-13-26(29-19-11-9-18(23)10-12-19)16-21(27)20(25-22(28)15-24-2)14-17-7-5-4-6-8-17/h4-12,20-21,24,27H,3,13-16,23H2,1-2H3,(H,25,28)/t20-,21+/m0/s1. The first kappa shape index (κ1) is 23.2. The number of rotatable bonds is 12. The molecule has 6 nitrogen and oxygen atoms in total. The van der Waals surface area contributed by atoms with Crippen molar-refractivity contribution in [2.24, 2.45) is 0 Å². The lowest BCUT2D eigenvalue weighted by Gasteiger charge is -2.29. The van der Waals surface area contributed by atoms with Gasteiger partial charge in [0.05, 0.1) is 18.7 Å². The second-order valence-corrected chi connectivity index (χ2v) is 8.18. The second-order valence-electron chi connectivity index (χ2n) is 7.01. The molecule has 7 heteroatoms. The third kappa shape index (κ3) is 8.45. The lowest BCUT2D eigenvalue weighted by atomic mass is 10.0. The Bertz CT molecular complexity index is 727. The molecule has 0 heterocycles. The number of hydrogen-bond donors (Lipinski definition) is 4. The van der Waals surface area contributed by atoms with Gasteiger partial charge in [-0.1, -0.05) is 37.3 Å². The highest BCUT2D eigenvalue weighted by Gasteiger charge is 2.24. The number of nitrogens with two attached hydrogens (primary N) is 1. The fraction of sp³-hybridized carbons (Fsp3) is 0.409. The maximum atomic E-state index is 12.2. The van der Waals surface area contributed by atoms with E-state index < -0.39 is 6.10 Å². The summed E-state index contributed by atoms with van der Waals surface area (Å²) in [6.07, 6.45) is 0.831. The van der Waals surface area contributed by atoms with E-state index in [2.05, 4.69) is 21.9 Å². The maximum Gasteiger partial charge on any atom is 0.234 e. The molecular weight excluding hydrogens is 384 g/mol. The number of nitrogens with zero attached hydrogens (tertiary/aromatic N) is 1. The van der Waals surface area contributed by atoms with Crippen molar-refractivity contribution in [2.45, 2.75) is 36.8 Å². The zero-order valence-corrected chi connectivity index (χ0v) is 18.0. The van der Waals surface area contributed by atoms with Crippen molar-refractivity contribution >= 4 is 23.5 Å². The predicted molar refractivity (Wildman–Crippen MR) is 121 cm³/mol. The van der Waals surface area contributed by atoms with Gasteiger partial charge in [-0.15, -0.1) is 0 Å². The van der Waals surface area contributed by atoms with Gasteiger partial charge >= 0.3 is 0 Å². The minimum absolute atomic E-state index is 0.124. The summed E-state index contributed by atoms with van der Waals surface area (Å²) in [5, 5.41) is 16.8. The fourth-order valence-electron chi connectivity index (χ4n) is 3.01. The summed E-state index contributed by atoms with van der Waals surface area (Å²) in [6, 6.07) is 17.2. The van der Waals surface area contributed by atoms with Crippen LogP contribution in [0.15, 0.2) is 59.5 Å². The molecule has 0 saturated heterocycles. The SMILES string of the molecule is CCCN(C[C@@H](O)[C@H](Cc1ccccc1)NC(=O)CNC)Sc1ccc(N)cc1. The van der Waals surface area contributed by atoms with Crippen LogP contribution in [-0.4, -0.2) is 54.1 Å². The molecule has 2 atom stereocenters. The van der Waals surface area contributed by atoms with E-state index in [1.807, 2.05) is 54.6 Å². The van der Waals surface area contributed by atoms with E-state index in [4.69, 9.17) is 5.73 Å². The Balaban J connectivity index is 2.07. The van der Waals surface area contributed by atoms with Gasteiger partial charge in [-0.25, -0.2) is 4.31 Å². The molecule has 2 rings (SSSR count). The molecule has 2 aromatic carbocycles. The average Bonchev–Trinajstić information content (AvgIpc) is 2.70. The molecule has 158 valence electrons. The number of benzene rings is 2. The van der Waals surface area contributed by atoms with Crippen molar-refractivity contribution in [1.82, 2.24) is 14.9 Å². The molecule has 29 heavy (non-hydrogen) atoms. The Kier molecular flexibility index (Phi) is 10.0. The number of hydrogen-bond acceptors (Lipinski definition) is 6. The molecule has 0 saturated carbocycles. The Morgan fingerprint density at radius 1 is 1.17 bits per heavy atom. The topological polar surface area (TPSA) is 90.6 Å². The predicted octanol–water partition coefficient (Wildman–Crippen LogP) is 2.30.